The second-order valence-corrected chi connectivity index (χ2v) is 20.9. The van der Waals surface area contributed by atoms with Crippen LogP contribution in [0.3, 0.4) is 0 Å². The number of carboxylic acids is 5. The summed E-state index contributed by atoms with van der Waals surface area (Å²) >= 11 is 0. The van der Waals surface area contributed by atoms with E-state index in [1.165, 1.54) is 6.92 Å². The molecule has 0 aliphatic heterocycles. The maximum atomic E-state index is 14.2. The highest BCUT2D eigenvalue weighted by Gasteiger charge is 2.37. The average Bonchev–Trinajstić information content (AvgIpc) is 3.58. The van der Waals surface area contributed by atoms with Crippen LogP contribution in [0.1, 0.15) is 138 Å². The molecule has 0 rings (SSSR count). The molecule has 0 spiro atoms. The van der Waals surface area contributed by atoms with Crippen molar-refractivity contribution in [2.24, 2.45) is 35.0 Å². The number of aliphatic hydroxyl groups is 1. The molecule has 0 bridgehead atoms. The zero-order valence-corrected chi connectivity index (χ0v) is 48.1. The fourth-order valence-electron chi connectivity index (χ4n) is 7.90. The van der Waals surface area contributed by atoms with Crippen molar-refractivity contribution in [1.82, 2.24) is 47.9 Å². The lowest BCUT2D eigenvalue weighted by atomic mass is 9.96. The van der Waals surface area contributed by atoms with Crippen LogP contribution < -0.4 is 65.1 Å². The molecule has 0 fully saturated rings. The number of carbonyl (C=O) groups is 15. The summed E-state index contributed by atoms with van der Waals surface area (Å²) < 4.78 is 0. The first kappa shape index (κ1) is 75.9. The molecule has 0 saturated heterocycles. The smallest absolute Gasteiger partial charge is 0.326 e. The summed E-state index contributed by atoms with van der Waals surface area (Å²) in [6, 6.07) is -16.5. The highest BCUT2D eigenvalue weighted by molar-refractivity contribution is 5.99. The molecular formula is C51H86N12O21. The number of amides is 10. The number of carboxylic acid groups (broad SMARTS) is 5. The van der Waals surface area contributed by atoms with Crippen LogP contribution >= 0.6 is 0 Å². The van der Waals surface area contributed by atoms with Gasteiger partial charge < -0.3 is 95.7 Å². The van der Waals surface area contributed by atoms with Gasteiger partial charge in [-0.15, -0.1) is 0 Å². The zero-order valence-electron chi connectivity index (χ0n) is 48.1. The Bertz CT molecular complexity index is 2300. The van der Waals surface area contributed by atoms with E-state index in [9.17, 15) is 97.5 Å². The van der Waals surface area contributed by atoms with Crippen molar-refractivity contribution in [3.8, 4) is 0 Å². The van der Waals surface area contributed by atoms with Gasteiger partial charge in [0, 0.05) is 25.7 Å². The van der Waals surface area contributed by atoms with Crippen LogP contribution in [-0.2, 0) is 71.9 Å². The zero-order chi connectivity index (χ0) is 64.6. The molecule has 0 saturated carbocycles. The molecule has 33 heteroatoms. The quantitative estimate of drug-likeness (QED) is 0.0255. The number of carbonyl (C=O) groups excluding carboxylic acids is 10. The van der Waals surface area contributed by atoms with Gasteiger partial charge >= 0.3 is 29.8 Å². The van der Waals surface area contributed by atoms with E-state index in [0.29, 0.717) is 6.42 Å². The lowest BCUT2D eigenvalue weighted by Crippen LogP contribution is -2.62. The molecule has 10 amide bonds. The molecule has 0 unspecified atom stereocenters. The van der Waals surface area contributed by atoms with Gasteiger partial charge in [0.05, 0.1) is 19.1 Å². The van der Waals surface area contributed by atoms with Gasteiger partial charge in [-0.1, -0.05) is 48.0 Å². The molecular weight excluding hydrogens is 1120 g/mol. The highest BCUT2D eigenvalue weighted by Crippen LogP contribution is 2.14. The van der Waals surface area contributed by atoms with Crippen molar-refractivity contribution < 1.29 is 103 Å². The van der Waals surface area contributed by atoms with Crippen LogP contribution in [0.2, 0.25) is 0 Å². The van der Waals surface area contributed by atoms with Crippen molar-refractivity contribution in [3.63, 3.8) is 0 Å². The van der Waals surface area contributed by atoms with Gasteiger partial charge in [-0.2, -0.15) is 0 Å². The van der Waals surface area contributed by atoms with Gasteiger partial charge in [0.15, 0.2) is 0 Å². The number of aliphatic carboxylic acids is 5. The SMILES string of the molecule is CC[C@H](C)[C@H](NC(=O)[C@H](CC(C)C)NC(=O)[C@H](CCCCN)NC(=O)[C@H](CCC(N)=O)NC(=O)[C@@H](N)CCC(=O)O)C(=O)N[C@@H](CO)C(=O)N[C@@H](CCC(=O)O)C(=O)N[C@@H](CCC(=O)O)C(=O)N[C@@H](CC(=O)O)C(=O)N[C@@H](CC(C)C)C(=O)O. The van der Waals surface area contributed by atoms with Gasteiger partial charge in [-0.3, -0.25) is 67.1 Å². The molecule has 21 N–H and O–H groups in total. The van der Waals surface area contributed by atoms with Crippen LogP contribution in [0.4, 0.5) is 0 Å². The fraction of sp³-hybridized carbons (Fsp3) is 0.706. The molecule has 0 radical (unpaired) electrons. The summed E-state index contributed by atoms with van der Waals surface area (Å²) in [6.07, 6.45) is -5.20. The van der Waals surface area contributed by atoms with E-state index in [-0.39, 0.29) is 63.3 Å². The summed E-state index contributed by atoms with van der Waals surface area (Å²) in [7, 11) is 0. The van der Waals surface area contributed by atoms with Gasteiger partial charge in [0.2, 0.25) is 59.1 Å². The molecule has 0 aromatic heterocycles. The number of rotatable bonds is 44. The van der Waals surface area contributed by atoms with Crippen LogP contribution in [-0.4, -0.2) is 193 Å². The van der Waals surface area contributed by atoms with Crippen molar-refractivity contribution in [2.45, 2.75) is 198 Å². The van der Waals surface area contributed by atoms with Crippen LogP contribution in [0.25, 0.3) is 0 Å². The van der Waals surface area contributed by atoms with E-state index < -0.39 is 207 Å². The summed E-state index contributed by atoms with van der Waals surface area (Å²) in [5.74, 6) is -19.7. The topological polar surface area (TPSA) is 564 Å². The molecule has 0 aromatic rings. The van der Waals surface area contributed by atoms with Crippen LogP contribution in [0.15, 0.2) is 0 Å². The lowest BCUT2D eigenvalue weighted by Gasteiger charge is -2.30. The first-order valence-corrected chi connectivity index (χ1v) is 27.4. The minimum atomic E-state index is -1.98. The number of nitrogens with one attached hydrogen (secondary N) is 9. The Morgan fingerprint density at radius 2 is 0.762 bits per heavy atom. The Kier molecular flexibility index (Phi) is 35.6. The van der Waals surface area contributed by atoms with Gasteiger partial charge in [0.25, 0.3) is 0 Å². The second kappa shape index (κ2) is 39.4. The van der Waals surface area contributed by atoms with E-state index in [4.69, 9.17) is 22.3 Å². The van der Waals surface area contributed by atoms with Crippen molar-refractivity contribution in [3.05, 3.63) is 0 Å². The van der Waals surface area contributed by atoms with Gasteiger partial charge in [-0.25, -0.2) is 4.79 Å². The number of primary amides is 1. The summed E-state index contributed by atoms with van der Waals surface area (Å²) in [4.78, 5) is 193. The normalized spacial score (nSPS) is 15.0. The van der Waals surface area contributed by atoms with E-state index in [2.05, 4.69) is 47.9 Å². The first-order chi connectivity index (χ1) is 39.2. The number of aliphatic hydroxyl groups excluding tert-OH is 1. The first-order valence-electron chi connectivity index (χ1n) is 27.4. The third kappa shape index (κ3) is 30.8. The number of hydrogen-bond acceptors (Lipinski definition) is 18. The summed E-state index contributed by atoms with van der Waals surface area (Å²) in [5, 5.41) is 78.2. The maximum absolute atomic E-state index is 14.2. The Labute approximate surface area is 484 Å². The summed E-state index contributed by atoms with van der Waals surface area (Å²) in [6.45, 7) is 8.84. The average molecular weight is 1200 g/mol. The van der Waals surface area contributed by atoms with E-state index in [0.717, 1.165) is 0 Å². The predicted octanol–water partition coefficient (Wildman–Crippen LogP) is -4.64. The monoisotopic (exact) mass is 1200 g/mol. The molecule has 84 heavy (non-hydrogen) atoms. The standard InChI is InChI=1S/C51H86N12O21/c1-7-26(6)41(63-48(80)32(20-24(2)3)59-43(75)28(10-8-9-19-52)56-44(76)29(12-15-36(54)65)55-42(74)27(53)11-16-37(66)67)50(82)62-35(23-64)49(81)58-30(13-17-38(68)69)45(77)57-31(14-18-39(70)71)46(78)60-33(22-40(72)73)47(79)61-34(51(83)84)21-25(4)5/h24-35,41,64H,7-23,52-53H2,1-6H3,(H2,54,65)(H,55,74)(H,56,76)(H,57,77)(H,58,81)(H,59,75)(H,60,78)(H,61,79)(H,62,82)(H,63,80)(H,66,67)(H,68,69)(H,70,71)(H,72,73)(H,83,84)/t26-,27-,28-,29-,30-,31-,32-,33-,34-,35-,41-/m0/s1. The molecule has 0 aromatic carbocycles. The number of hydrogen-bond donors (Lipinski definition) is 18. The molecule has 0 heterocycles. The van der Waals surface area contributed by atoms with Gasteiger partial charge in [-0.05, 0) is 82.1 Å². The Morgan fingerprint density at radius 1 is 0.405 bits per heavy atom. The largest absolute Gasteiger partial charge is 0.481 e. The molecule has 11 atom stereocenters. The van der Waals surface area contributed by atoms with Gasteiger partial charge in [0.1, 0.15) is 54.4 Å². The molecule has 0 aliphatic carbocycles. The van der Waals surface area contributed by atoms with Crippen molar-refractivity contribution in [1.29, 1.82) is 0 Å². The molecule has 476 valence electrons. The third-order valence-corrected chi connectivity index (χ3v) is 12.7. The van der Waals surface area contributed by atoms with Crippen molar-refractivity contribution in [2.75, 3.05) is 13.2 Å². The lowest BCUT2D eigenvalue weighted by molar-refractivity contribution is -0.144. The Balaban J connectivity index is 6.82. The minimum absolute atomic E-state index is 0.0624. The number of unbranched alkanes of at least 4 members (excludes halogenated alkanes) is 1. The second-order valence-electron chi connectivity index (χ2n) is 20.9. The van der Waals surface area contributed by atoms with Crippen LogP contribution in [0.5, 0.6) is 0 Å². The van der Waals surface area contributed by atoms with E-state index in [1.54, 1.807) is 34.6 Å². The summed E-state index contributed by atoms with van der Waals surface area (Å²) in [5.41, 5.74) is 16.8. The Hall–Kier alpha value is -8.07. The van der Waals surface area contributed by atoms with Crippen LogP contribution in [0, 0.1) is 17.8 Å². The molecule has 0 aliphatic rings. The maximum Gasteiger partial charge on any atom is 0.326 e. The molecule has 33 nitrogen and oxygen atoms in total. The Morgan fingerprint density at radius 3 is 1.17 bits per heavy atom. The van der Waals surface area contributed by atoms with Crippen molar-refractivity contribution >= 4 is 88.9 Å². The van der Waals surface area contributed by atoms with E-state index in [1.807, 2.05) is 0 Å². The predicted molar refractivity (Wildman–Crippen MR) is 293 cm³/mol. The minimum Gasteiger partial charge on any atom is -0.481 e. The third-order valence-electron chi connectivity index (χ3n) is 12.7. The van der Waals surface area contributed by atoms with E-state index >= 15 is 0 Å². The fourth-order valence-corrected chi connectivity index (χ4v) is 7.90. The number of nitrogens with two attached hydrogens (primary N) is 3. The highest BCUT2D eigenvalue weighted by atomic mass is 16.4.